The predicted octanol–water partition coefficient (Wildman–Crippen LogP) is 6.26. The lowest BCUT2D eigenvalue weighted by Crippen LogP contribution is -2.47. The van der Waals surface area contributed by atoms with Crippen LogP contribution in [0.5, 0.6) is 0 Å². The molecule has 158 valence electrons. The number of benzene rings is 2. The molecule has 0 N–H and O–H groups in total. The number of rotatable bonds is 3. The molecule has 0 atom stereocenters. The van der Waals surface area contributed by atoms with Gasteiger partial charge in [0.2, 0.25) is 5.28 Å². The molecule has 1 aliphatic heterocycles. The first kappa shape index (κ1) is 20.3. The molecule has 2 aromatic heterocycles. The van der Waals surface area contributed by atoms with Crippen LogP contribution in [0.15, 0.2) is 48.5 Å². The molecule has 6 heteroatoms. The third-order valence-corrected chi connectivity index (χ3v) is 7.14. The molecule has 0 aliphatic carbocycles. The molecule has 0 saturated carbocycles. The van der Waals surface area contributed by atoms with E-state index in [0.29, 0.717) is 5.28 Å². The van der Waals surface area contributed by atoms with Crippen LogP contribution in [0.1, 0.15) is 16.0 Å². The summed E-state index contributed by atoms with van der Waals surface area (Å²) in [5.41, 5.74) is 6.28. The van der Waals surface area contributed by atoms with Crippen molar-refractivity contribution in [2.24, 2.45) is 0 Å². The Kier molecular flexibility index (Phi) is 5.32. The molecule has 2 aromatic carbocycles. The van der Waals surface area contributed by atoms with E-state index >= 15 is 0 Å². The molecular weight excluding hydrogens is 424 g/mol. The number of nitrogens with zero attached hydrogens (tertiary/aromatic N) is 4. The van der Waals surface area contributed by atoms with E-state index in [-0.39, 0.29) is 0 Å². The number of halogens is 1. The average molecular weight is 449 g/mol. The van der Waals surface area contributed by atoms with Crippen molar-refractivity contribution in [1.82, 2.24) is 9.97 Å². The van der Waals surface area contributed by atoms with Crippen molar-refractivity contribution < 1.29 is 0 Å². The zero-order valence-electron chi connectivity index (χ0n) is 18.0. The van der Waals surface area contributed by atoms with Gasteiger partial charge >= 0.3 is 0 Å². The third kappa shape index (κ3) is 3.88. The molecule has 1 fully saturated rings. The maximum Gasteiger partial charge on any atom is 0.225 e. The fraction of sp³-hybridized carbons (Fsp3) is 0.280. The van der Waals surface area contributed by atoms with Gasteiger partial charge < -0.3 is 9.80 Å². The van der Waals surface area contributed by atoms with Crippen molar-refractivity contribution in [1.29, 1.82) is 0 Å². The molecule has 0 amide bonds. The summed E-state index contributed by atoms with van der Waals surface area (Å²) in [4.78, 5) is 16.3. The van der Waals surface area contributed by atoms with E-state index in [1.54, 1.807) is 11.3 Å². The molecule has 0 radical (unpaired) electrons. The van der Waals surface area contributed by atoms with Gasteiger partial charge in [0.1, 0.15) is 10.6 Å². The average Bonchev–Trinajstić information content (AvgIpc) is 3.09. The van der Waals surface area contributed by atoms with E-state index in [1.807, 2.05) is 0 Å². The minimum atomic E-state index is 0.320. The minimum absolute atomic E-state index is 0.320. The first-order chi connectivity index (χ1) is 15.0. The number of aryl methyl sites for hydroxylation is 3. The molecule has 4 aromatic rings. The maximum absolute atomic E-state index is 6.36. The molecule has 3 heterocycles. The lowest BCUT2D eigenvalue weighted by Gasteiger charge is -2.37. The van der Waals surface area contributed by atoms with Crippen LogP contribution < -0.4 is 9.80 Å². The van der Waals surface area contributed by atoms with Crippen LogP contribution in [0.25, 0.3) is 21.3 Å². The highest BCUT2D eigenvalue weighted by atomic mass is 35.5. The summed E-state index contributed by atoms with van der Waals surface area (Å²) >= 11 is 8.06. The van der Waals surface area contributed by atoms with E-state index in [9.17, 15) is 0 Å². The summed E-state index contributed by atoms with van der Waals surface area (Å²) in [5, 5.41) is 1.44. The summed E-state index contributed by atoms with van der Waals surface area (Å²) in [6.45, 7) is 10.1. The van der Waals surface area contributed by atoms with Crippen LogP contribution in [0.4, 0.5) is 11.5 Å². The molecular formula is C25H25ClN4S. The maximum atomic E-state index is 6.36. The number of hydrogen-bond acceptors (Lipinski definition) is 5. The summed E-state index contributed by atoms with van der Waals surface area (Å²) in [6, 6.07) is 17.4. The van der Waals surface area contributed by atoms with Gasteiger partial charge in [0.25, 0.3) is 0 Å². The van der Waals surface area contributed by atoms with E-state index in [1.165, 1.54) is 32.8 Å². The molecule has 1 saturated heterocycles. The van der Waals surface area contributed by atoms with Crippen molar-refractivity contribution in [3.8, 4) is 11.1 Å². The van der Waals surface area contributed by atoms with Gasteiger partial charge in [-0.2, -0.15) is 4.98 Å². The third-order valence-electron chi connectivity index (χ3n) is 5.97. The minimum Gasteiger partial charge on any atom is -0.368 e. The van der Waals surface area contributed by atoms with Gasteiger partial charge in [0.05, 0.1) is 5.39 Å². The Balaban J connectivity index is 1.52. The van der Waals surface area contributed by atoms with Gasteiger partial charge in [-0.25, -0.2) is 4.98 Å². The van der Waals surface area contributed by atoms with Gasteiger partial charge in [0.15, 0.2) is 0 Å². The zero-order valence-corrected chi connectivity index (χ0v) is 19.6. The van der Waals surface area contributed by atoms with Crippen LogP contribution in [-0.4, -0.2) is 36.1 Å². The molecule has 0 unspecified atom stereocenters. The van der Waals surface area contributed by atoms with E-state index in [0.717, 1.165) is 42.2 Å². The second kappa shape index (κ2) is 8.13. The molecule has 0 bridgehead atoms. The Labute approximate surface area is 192 Å². The SMILES string of the molecule is Cc1ccc(-c2c(C)sc3nc(Cl)nc(N4CCN(c5cccc(C)c5)CC4)c23)cc1. The Bertz CT molecular complexity index is 1240. The van der Waals surface area contributed by atoms with Gasteiger partial charge in [-0.1, -0.05) is 42.0 Å². The standard InChI is InChI=1S/C25H25ClN4S/c1-16-7-9-19(10-8-16)21-18(3)31-24-22(21)23(27-25(26)28-24)30-13-11-29(12-14-30)20-6-4-5-17(2)15-20/h4-10,15H,11-14H2,1-3H3. The monoisotopic (exact) mass is 448 g/mol. The largest absolute Gasteiger partial charge is 0.368 e. The lowest BCUT2D eigenvalue weighted by molar-refractivity contribution is 0.649. The number of fused-ring (bicyclic) bond motifs is 1. The smallest absolute Gasteiger partial charge is 0.225 e. The van der Waals surface area contributed by atoms with E-state index < -0.39 is 0 Å². The summed E-state index contributed by atoms with van der Waals surface area (Å²) in [7, 11) is 0. The number of thiophene rings is 1. The van der Waals surface area contributed by atoms with Crippen LogP contribution in [-0.2, 0) is 0 Å². The van der Waals surface area contributed by atoms with Crippen molar-refractivity contribution in [2.45, 2.75) is 20.8 Å². The molecule has 1 aliphatic rings. The van der Waals surface area contributed by atoms with Gasteiger partial charge in [0, 0.05) is 42.3 Å². The molecule has 31 heavy (non-hydrogen) atoms. The van der Waals surface area contributed by atoms with Gasteiger partial charge in [-0.3, -0.25) is 0 Å². The van der Waals surface area contributed by atoms with Crippen LogP contribution >= 0.6 is 22.9 Å². The second-order valence-electron chi connectivity index (χ2n) is 8.21. The lowest BCUT2D eigenvalue weighted by atomic mass is 10.0. The number of anilines is 2. The Morgan fingerprint density at radius 2 is 1.55 bits per heavy atom. The Hall–Kier alpha value is -2.63. The second-order valence-corrected chi connectivity index (χ2v) is 9.75. The van der Waals surface area contributed by atoms with E-state index in [4.69, 9.17) is 16.6 Å². The van der Waals surface area contributed by atoms with Crippen molar-refractivity contribution in [3.63, 3.8) is 0 Å². The van der Waals surface area contributed by atoms with Crippen LogP contribution in [0.3, 0.4) is 0 Å². The topological polar surface area (TPSA) is 32.3 Å². The first-order valence-corrected chi connectivity index (χ1v) is 11.8. The first-order valence-electron chi connectivity index (χ1n) is 10.6. The highest BCUT2D eigenvalue weighted by molar-refractivity contribution is 7.19. The van der Waals surface area contributed by atoms with Crippen molar-refractivity contribution in [3.05, 3.63) is 69.8 Å². The normalized spacial score (nSPS) is 14.5. The fourth-order valence-electron chi connectivity index (χ4n) is 4.37. The quantitative estimate of drug-likeness (QED) is 0.346. The van der Waals surface area contributed by atoms with Crippen LogP contribution in [0.2, 0.25) is 5.28 Å². The number of piperazine rings is 1. The Morgan fingerprint density at radius 3 is 2.26 bits per heavy atom. The molecule has 5 rings (SSSR count). The Morgan fingerprint density at radius 1 is 0.839 bits per heavy atom. The summed E-state index contributed by atoms with van der Waals surface area (Å²) in [6.07, 6.45) is 0. The molecule has 4 nitrogen and oxygen atoms in total. The van der Waals surface area contributed by atoms with Gasteiger partial charge in [-0.15, -0.1) is 11.3 Å². The summed E-state index contributed by atoms with van der Waals surface area (Å²) in [5.74, 6) is 0.957. The predicted molar refractivity (Wildman–Crippen MR) is 133 cm³/mol. The van der Waals surface area contributed by atoms with Gasteiger partial charge in [-0.05, 0) is 55.6 Å². The van der Waals surface area contributed by atoms with Crippen LogP contribution in [0, 0.1) is 20.8 Å². The summed E-state index contributed by atoms with van der Waals surface area (Å²) < 4.78 is 0. The highest BCUT2D eigenvalue weighted by Crippen LogP contribution is 2.42. The number of aromatic nitrogens is 2. The number of hydrogen-bond donors (Lipinski definition) is 0. The van der Waals surface area contributed by atoms with Crippen molar-refractivity contribution in [2.75, 3.05) is 36.0 Å². The van der Waals surface area contributed by atoms with E-state index in [2.05, 4.69) is 84.1 Å². The van der Waals surface area contributed by atoms with Crippen molar-refractivity contribution >= 4 is 44.7 Å². The zero-order chi connectivity index (χ0) is 21.5. The fourth-order valence-corrected chi connectivity index (χ4v) is 5.62. The molecule has 0 spiro atoms. The highest BCUT2D eigenvalue weighted by Gasteiger charge is 2.25.